The molecule has 0 aromatic heterocycles. The van der Waals surface area contributed by atoms with E-state index in [0.29, 0.717) is 35.7 Å². The highest BCUT2D eigenvalue weighted by molar-refractivity contribution is 5.87. The molecule has 4 rings (SSSR count). The summed E-state index contributed by atoms with van der Waals surface area (Å²) in [5.41, 5.74) is 1.24. The Morgan fingerprint density at radius 2 is 1.23 bits per heavy atom. The zero-order valence-corrected chi connectivity index (χ0v) is 16.5. The first-order valence-corrected chi connectivity index (χ1v) is 9.78. The summed E-state index contributed by atoms with van der Waals surface area (Å²) >= 11 is 0. The van der Waals surface area contributed by atoms with Crippen LogP contribution in [-0.4, -0.2) is 25.2 Å². The number of carbonyl (C=O) groups is 2. The number of ether oxygens (including phenoxy) is 2. The van der Waals surface area contributed by atoms with E-state index in [2.05, 4.69) is 20.1 Å². The monoisotopic (exact) mass is 360 g/mol. The topological polar surface area (TPSA) is 52.6 Å². The van der Waals surface area contributed by atoms with Crippen molar-refractivity contribution in [3.05, 3.63) is 24.3 Å². The lowest BCUT2D eigenvalue weighted by Gasteiger charge is -2.66. The van der Waals surface area contributed by atoms with E-state index in [1.165, 1.54) is 6.42 Å². The van der Waals surface area contributed by atoms with Gasteiger partial charge in [0.05, 0.1) is 13.2 Å². The Morgan fingerprint density at radius 3 is 1.62 bits per heavy atom. The number of hydrogen-bond acceptors (Lipinski definition) is 4. The van der Waals surface area contributed by atoms with Crippen LogP contribution in [0.15, 0.2) is 24.3 Å². The number of carbonyl (C=O) groups excluding carboxylic acids is 2. The fraction of sp³-hybridized carbons (Fsp3) is 0.727. The molecule has 0 spiro atoms. The first kappa shape index (κ1) is 19.2. The van der Waals surface area contributed by atoms with Gasteiger partial charge in [0, 0.05) is 22.0 Å². The van der Waals surface area contributed by atoms with Crippen LogP contribution < -0.4 is 0 Å². The maximum Gasteiger partial charge on any atom is 0.333 e. The Hall–Kier alpha value is -1.58. The molecule has 4 nitrogen and oxygen atoms in total. The second-order valence-corrected chi connectivity index (χ2v) is 9.58. The zero-order chi connectivity index (χ0) is 19.2. The molecule has 4 heteroatoms. The van der Waals surface area contributed by atoms with E-state index in [-0.39, 0.29) is 22.8 Å². The molecule has 4 bridgehead atoms. The van der Waals surface area contributed by atoms with Gasteiger partial charge in [-0.1, -0.05) is 26.5 Å². The van der Waals surface area contributed by atoms with E-state index in [0.717, 1.165) is 38.5 Å². The van der Waals surface area contributed by atoms with Crippen LogP contribution in [0.3, 0.4) is 0 Å². The van der Waals surface area contributed by atoms with Gasteiger partial charge < -0.3 is 9.47 Å². The first-order chi connectivity index (χ1) is 12.1. The number of esters is 2. The lowest BCUT2D eigenvalue weighted by Crippen LogP contribution is -2.59. The molecule has 0 radical (unpaired) electrons. The Labute approximate surface area is 157 Å². The molecule has 0 heterocycles. The minimum atomic E-state index is -0.297. The Kier molecular flexibility index (Phi) is 4.83. The smallest absolute Gasteiger partial charge is 0.333 e. The van der Waals surface area contributed by atoms with Gasteiger partial charge in [-0.2, -0.15) is 0 Å². The van der Waals surface area contributed by atoms with Crippen LogP contribution in [0.25, 0.3) is 0 Å². The molecular formula is C22H32O4. The molecule has 0 N–H and O–H groups in total. The van der Waals surface area contributed by atoms with E-state index < -0.39 is 0 Å². The highest BCUT2D eigenvalue weighted by Crippen LogP contribution is 2.70. The number of rotatable bonds is 7. The van der Waals surface area contributed by atoms with E-state index in [1.54, 1.807) is 13.8 Å². The molecule has 4 saturated carbocycles. The van der Waals surface area contributed by atoms with E-state index in [1.807, 2.05) is 0 Å². The lowest BCUT2D eigenvalue weighted by atomic mass is 9.39. The third-order valence-electron chi connectivity index (χ3n) is 6.88. The molecule has 0 amide bonds. The predicted octanol–water partition coefficient (Wildman–Crippen LogP) is 4.59. The summed E-state index contributed by atoms with van der Waals surface area (Å²) in [5, 5.41) is 0. The Morgan fingerprint density at radius 1 is 0.846 bits per heavy atom. The van der Waals surface area contributed by atoms with Gasteiger partial charge in [-0.05, 0) is 63.7 Å². The highest BCUT2D eigenvalue weighted by Gasteiger charge is 2.63. The largest absolute Gasteiger partial charge is 0.462 e. The third-order valence-corrected chi connectivity index (χ3v) is 6.88. The number of hydrogen-bond donors (Lipinski definition) is 0. The van der Waals surface area contributed by atoms with Crippen LogP contribution in [0, 0.1) is 22.2 Å². The second kappa shape index (κ2) is 6.54. The maximum absolute atomic E-state index is 12.0. The van der Waals surface area contributed by atoms with Crippen molar-refractivity contribution in [2.75, 3.05) is 13.2 Å². The Balaban J connectivity index is 1.80. The highest BCUT2D eigenvalue weighted by atomic mass is 16.5. The summed E-state index contributed by atoms with van der Waals surface area (Å²) in [6.07, 6.45) is 7.85. The normalized spacial score (nSPS) is 37.3. The van der Waals surface area contributed by atoms with Gasteiger partial charge >= 0.3 is 11.9 Å². The summed E-state index contributed by atoms with van der Waals surface area (Å²) < 4.78 is 11.3. The quantitative estimate of drug-likeness (QED) is 0.492. The average molecular weight is 360 g/mol. The van der Waals surface area contributed by atoms with Gasteiger partial charge in [-0.15, -0.1) is 0 Å². The maximum atomic E-state index is 12.0. The fourth-order valence-corrected chi connectivity index (χ4v) is 6.46. The molecule has 0 aromatic carbocycles. The van der Waals surface area contributed by atoms with Crippen molar-refractivity contribution >= 4 is 11.9 Å². The second-order valence-electron chi connectivity index (χ2n) is 9.58. The Bertz CT molecular complexity index is 601. The molecule has 4 fully saturated rings. The van der Waals surface area contributed by atoms with Gasteiger partial charge in [0.15, 0.2) is 0 Å². The van der Waals surface area contributed by atoms with Crippen LogP contribution in [0.1, 0.15) is 65.7 Å². The van der Waals surface area contributed by atoms with Crippen molar-refractivity contribution in [2.24, 2.45) is 22.2 Å². The molecule has 0 aromatic rings. The SMILES string of the molecule is C=C(C)C(=O)OCC12CC3CC(CC)(C1)CC(COC(=O)C(=C)C)(C3)C2. The predicted molar refractivity (Wildman–Crippen MR) is 100 cm³/mol. The summed E-state index contributed by atoms with van der Waals surface area (Å²) in [6.45, 7) is 14.0. The van der Waals surface area contributed by atoms with Crippen molar-refractivity contribution in [1.82, 2.24) is 0 Å². The van der Waals surface area contributed by atoms with Crippen molar-refractivity contribution in [3.8, 4) is 0 Å². The zero-order valence-electron chi connectivity index (χ0n) is 16.5. The van der Waals surface area contributed by atoms with Gasteiger partial charge in [0.1, 0.15) is 0 Å². The molecule has 2 unspecified atom stereocenters. The molecule has 0 saturated heterocycles. The third kappa shape index (κ3) is 3.47. The molecule has 2 atom stereocenters. The summed E-state index contributed by atoms with van der Waals surface area (Å²) in [7, 11) is 0. The minimum Gasteiger partial charge on any atom is -0.462 e. The summed E-state index contributed by atoms with van der Waals surface area (Å²) in [6, 6.07) is 0. The molecular weight excluding hydrogens is 328 g/mol. The van der Waals surface area contributed by atoms with Crippen molar-refractivity contribution < 1.29 is 19.1 Å². The van der Waals surface area contributed by atoms with Gasteiger partial charge in [0.25, 0.3) is 0 Å². The first-order valence-electron chi connectivity index (χ1n) is 9.78. The van der Waals surface area contributed by atoms with Gasteiger partial charge in [-0.25, -0.2) is 9.59 Å². The standard InChI is InChI=1S/C22H32O4/c1-6-20-7-17-8-21(10-20,13-25-18(23)15(2)3)12-22(9-17,11-20)14-26-19(24)16(4)5/h17H,2,4,6-14H2,1,3,5H3. The summed E-state index contributed by atoms with van der Waals surface area (Å²) in [5.74, 6) is 0.0429. The minimum absolute atomic E-state index is 0.0240. The van der Waals surface area contributed by atoms with Crippen molar-refractivity contribution in [3.63, 3.8) is 0 Å². The molecule has 4 aliphatic carbocycles. The van der Waals surface area contributed by atoms with Crippen LogP contribution in [0.5, 0.6) is 0 Å². The lowest BCUT2D eigenvalue weighted by molar-refractivity contribution is -0.199. The van der Waals surface area contributed by atoms with Crippen LogP contribution in [0.2, 0.25) is 0 Å². The van der Waals surface area contributed by atoms with Gasteiger partial charge in [0.2, 0.25) is 0 Å². The van der Waals surface area contributed by atoms with E-state index in [9.17, 15) is 9.59 Å². The van der Waals surface area contributed by atoms with Crippen molar-refractivity contribution in [2.45, 2.75) is 65.7 Å². The van der Waals surface area contributed by atoms with Gasteiger partial charge in [-0.3, -0.25) is 0 Å². The fourth-order valence-electron chi connectivity index (χ4n) is 6.46. The van der Waals surface area contributed by atoms with E-state index in [4.69, 9.17) is 9.47 Å². The van der Waals surface area contributed by atoms with Crippen molar-refractivity contribution in [1.29, 1.82) is 0 Å². The average Bonchev–Trinajstić information content (AvgIpc) is 2.56. The molecule has 144 valence electrons. The molecule has 0 aliphatic heterocycles. The summed E-state index contributed by atoms with van der Waals surface area (Å²) in [4.78, 5) is 23.9. The van der Waals surface area contributed by atoms with Crippen LogP contribution >= 0.6 is 0 Å². The van der Waals surface area contributed by atoms with Crippen LogP contribution in [0.4, 0.5) is 0 Å². The molecule has 26 heavy (non-hydrogen) atoms. The van der Waals surface area contributed by atoms with E-state index >= 15 is 0 Å². The van der Waals surface area contributed by atoms with Crippen LogP contribution in [-0.2, 0) is 19.1 Å². The molecule has 4 aliphatic rings.